The Labute approximate surface area is 183 Å². The van der Waals surface area contributed by atoms with Crippen molar-refractivity contribution in [1.82, 2.24) is 15.3 Å². The predicted molar refractivity (Wildman–Crippen MR) is 114 cm³/mol. The van der Waals surface area contributed by atoms with E-state index >= 15 is 0 Å². The first-order valence-corrected chi connectivity index (χ1v) is 9.72. The first-order valence-electron chi connectivity index (χ1n) is 9.35. The van der Waals surface area contributed by atoms with E-state index < -0.39 is 36.9 Å². The van der Waals surface area contributed by atoms with Gasteiger partial charge in [-0.25, -0.2) is 18.7 Å². The quantitative estimate of drug-likeness (QED) is 0.460. The summed E-state index contributed by atoms with van der Waals surface area (Å²) in [6, 6.07) is 4.20. The van der Waals surface area contributed by atoms with Crippen LogP contribution in [0, 0.1) is 11.3 Å². The zero-order valence-electron chi connectivity index (χ0n) is 17.2. The van der Waals surface area contributed by atoms with Gasteiger partial charge in [0.1, 0.15) is 30.6 Å². The average Bonchev–Trinajstić information content (AvgIpc) is 2.72. The summed E-state index contributed by atoms with van der Waals surface area (Å²) >= 11 is 6.10. The number of hydrogen-bond acceptors (Lipinski definition) is 7. The molecule has 2 aromatic rings. The van der Waals surface area contributed by atoms with E-state index in [0.717, 1.165) is 0 Å². The van der Waals surface area contributed by atoms with Crippen LogP contribution in [0.1, 0.15) is 36.7 Å². The van der Waals surface area contributed by atoms with Crippen molar-refractivity contribution in [2.45, 2.75) is 38.6 Å². The summed E-state index contributed by atoms with van der Waals surface area (Å²) in [5.41, 5.74) is -1.01. The van der Waals surface area contributed by atoms with Crippen LogP contribution in [0.2, 0.25) is 5.02 Å². The van der Waals surface area contributed by atoms with Crippen LogP contribution < -0.4 is 16.0 Å². The van der Waals surface area contributed by atoms with E-state index in [-0.39, 0.29) is 33.5 Å². The number of nitrogens with zero attached hydrogens (tertiary/aromatic N) is 3. The fourth-order valence-corrected chi connectivity index (χ4v) is 2.58. The lowest BCUT2D eigenvalue weighted by atomic mass is 10.0. The van der Waals surface area contributed by atoms with Crippen LogP contribution in [0.5, 0.6) is 0 Å². The molecule has 0 saturated heterocycles. The molecular weight excluding hydrogens is 430 g/mol. The molecule has 11 heteroatoms. The van der Waals surface area contributed by atoms with Crippen LogP contribution in [-0.4, -0.2) is 52.0 Å². The van der Waals surface area contributed by atoms with Crippen molar-refractivity contribution in [2.75, 3.05) is 23.9 Å². The standard InChI is InChI=1S/C20H23ClF2N6O2/c1-11(6-22)28-15-5-17(29-18-14(21)4-12(7-24)8-26-18)25-9-13(15)19(30)27-10-16(23)20(2,3)31/h4-5,8-9,11,16,31H,6,10H2,1-3H3,(H,27,30)(H2,25,26,28,29). The number of carbonyl (C=O) groups is 1. The zero-order valence-corrected chi connectivity index (χ0v) is 18.0. The Hall–Kier alpha value is -3.03. The highest BCUT2D eigenvalue weighted by Crippen LogP contribution is 2.26. The van der Waals surface area contributed by atoms with Gasteiger partial charge in [-0.1, -0.05) is 11.6 Å². The van der Waals surface area contributed by atoms with Crippen molar-refractivity contribution in [2.24, 2.45) is 0 Å². The molecule has 2 heterocycles. The summed E-state index contributed by atoms with van der Waals surface area (Å²) in [6.45, 7) is 3.07. The molecule has 1 amide bonds. The monoisotopic (exact) mass is 452 g/mol. The number of nitriles is 1. The second kappa shape index (κ2) is 10.3. The lowest BCUT2D eigenvalue weighted by Gasteiger charge is -2.23. The van der Waals surface area contributed by atoms with E-state index in [1.54, 1.807) is 6.92 Å². The molecule has 2 unspecified atom stereocenters. The highest BCUT2D eigenvalue weighted by molar-refractivity contribution is 6.33. The molecule has 0 aliphatic rings. The Bertz CT molecular complexity index is 977. The van der Waals surface area contributed by atoms with Gasteiger partial charge in [0.05, 0.1) is 40.0 Å². The van der Waals surface area contributed by atoms with E-state index in [4.69, 9.17) is 16.9 Å². The fraction of sp³-hybridized carbons (Fsp3) is 0.400. The van der Waals surface area contributed by atoms with E-state index in [2.05, 4.69) is 25.9 Å². The zero-order chi connectivity index (χ0) is 23.2. The van der Waals surface area contributed by atoms with E-state index in [1.165, 1.54) is 38.4 Å². The van der Waals surface area contributed by atoms with Crippen molar-refractivity contribution < 1.29 is 18.7 Å². The molecule has 0 radical (unpaired) electrons. The molecule has 0 aliphatic heterocycles. The third-order valence-electron chi connectivity index (χ3n) is 4.21. The Morgan fingerprint density at radius 3 is 2.65 bits per heavy atom. The molecule has 2 atom stereocenters. The van der Waals surface area contributed by atoms with Crippen LogP contribution >= 0.6 is 11.6 Å². The van der Waals surface area contributed by atoms with Gasteiger partial charge in [-0.3, -0.25) is 4.79 Å². The number of anilines is 3. The number of pyridine rings is 2. The molecule has 4 N–H and O–H groups in total. The van der Waals surface area contributed by atoms with Gasteiger partial charge in [0, 0.05) is 18.5 Å². The largest absolute Gasteiger partial charge is 0.387 e. The van der Waals surface area contributed by atoms with E-state index in [9.17, 15) is 18.7 Å². The lowest BCUT2D eigenvalue weighted by Crippen LogP contribution is -2.42. The van der Waals surface area contributed by atoms with Gasteiger partial charge in [-0.2, -0.15) is 5.26 Å². The SMILES string of the molecule is CC(CF)Nc1cc(Nc2ncc(C#N)cc2Cl)ncc1C(=O)NCC(F)C(C)(C)O. The number of halogens is 3. The summed E-state index contributed by atoms with van der Waals surface area (Å²) in [4.78, 5) is 20.7. The number of amides is 1. The second-order valence-corrected chi connectivity index (χ2v) is 7.84. The van der Waals surface area contributed by atoms with E-state index in [0.29, 0.717) is 0 Å². The smallest absolute Gasteiger partial charge is 0.255 e. The third kappa shape index (κ3) is 6.73. The minimum absolute atomic E-state index is 0.0627. The van der Waals surface area contributed by atoms with Crippen LogP contribution in [0.25, 0.3) is 0 Å². The number of aliphatic hydroxyl groups is 1. The summed E-state index contributed by atoms with van der Waals surface area (Å²) in [7, 11) is 0. The van der Waals surface area contributed by atoms with Gasteiger partial charge in [0.2, 0.25) is 0 Å². The first kappa shape index (κ1) is 24.2. The van der Waals surface area contributed by atoms with Gasteiger partial charge in [-0.05, 0) is 26.8 Å². The molecule has 2 aromatic heterocycles. The van der Waals surface area contributed by atoms with Crippen molar-refractivity contribution in [3.63, 3.8) is 0 Å². The average molecular weight is 453 g/mol. The molecule has 0 bridgehead atoms. The van der Waals surface area contributed by atoms with Crippen molar-refractivity contribution in [3.05, 3.63) is 40.7 Å². The Morgan fingerprint density at radius 1 is 1.35 bits per heavy atom. The second-order valence-electron chi connectivity index (χ2n) is 7.44. The molecule has 2 rings (SSSR count). The molecule has 0 fully saturated rings. The fourth-order valence-electron chi connectivity index (χ4n) is 2.37. The molecular formula is C20H23ClF2N6O2. The van der Waals surface area contributed by atoms with Crippen LogP contribution in [0.15, 0.2) is 24.5 Å². The number of aromatic nitrogens is 2. The number of nitrogens with one attached hydrogen (secondary N) is 3. The van der Waals surface area contributed by atoms with Gasteiger partial charge in [-0.15, -0.1) is 0 Å². The summed E-state index contributed by atoms with van der Waals surface area (Å²) < 4.78 is 27.0. The number of rotatable bonds is 9. The normalized spacial score (nSPS) is 13.1. The van der Waals surface area contributed by atoms with Crippen molar-refractivity contribution >= 4 is 34.8 Å². The molecule has 0 aromatic carbocycles. The van der Waals surface area contributed by atoms with Gasteiger partial charge < -0.3 is 21.1 Å². The maximum Gasteiger partial charge on any atom is 0.255 e. The molecule has 31 heavy (non-hydrogen) atoms. The van der Waals surface area contributed by atoms with Gasteiger partial charge in [0.15, 0.2) is 0 Å². The minimum Gasteiger partial charge on any atom is -0.387 e. The first-order chi connectivity index (χ1) is 14.5. The van der Waals surface area contributed by atoms with Gasteiger partial charge >= 0.3 is 0 Å². The molecule has 8 nitrogen and oxygen atoms in total. The van der Waals surface area contributed by atoms with Crippen LogP contribution in [0.4, 0.5) is 26.1 Å². The summed E-state index contributed by atoms with van der Waals surface area (Å²) in [5.74, 6) is -0.154. The highest BCUT2D eigenvalue weighted by Gasteiger charge is 2.27. The summed E-state index contributed by atoms with van der Waals surface area (Å²) in [5, 5.41) is 26.9. The Balaban J connectivity index is 2.27. The van der Waals surface area contributed by atoms with Crippen molar-refractivity contribution in [1.29, 1.82) is 5.26 Å². The predicted octanol–water partition coefficient (Wildman–Crippen LogP) is 3.35. The van der Waals surface area contributed by atoms with Gasteiger partial charge in [0.25, 0.3) is 5.91 Å². The maximum absolute atomic E-state index is 14.0. The third-order valence-corrected chi connectivity index (χ3v) is 4.50. The van der Waals surface area contributed by atoms with E-state index in [1.807, 2.05) is 6.07 Å². The molecule has 0 aliphatic carbocycles. The minimum atomic E-state index is -1.68. The van der Waals surface area contributed by atoms with Crippen LogP contribution in [-0.2, 0) is 0 Å². The number of carbonyl (C=O) groups excluding carboxylic acids is 1. The summed E-state index contributed by atoms with van der Waals surface area (Å²) in [6.07, 6.45) is 0.882. The number of alkyl halides is 2. The topological polar surface area (TPSA) is 123 Å². The molecule has 166 valence electrons. The Morgan fingerprint density at radius 2 is 2.06 bits per heavy atom. The lowest BCUT2D eigenvalue weighted by molar-refractivity contribution is -0.00177. The molecule has 0 saturated carbocycles. The van der Waals surface area contributed by atoms with Crippen molar-refractivity contribution in [3.8, 4) is 6.07 Å². The molecule has 0 spiro atoms. The number of hydrogen-bond donors (Lipinski definition) is 4. The van der Waals surface area contributed by atoms with Crippen LogP contribution in [0.3, 0.4) is 0 Å². The maximum atomic E-state index is 14.0. The Kier molecular flexibility index (Phi) is 8.08. The highest BCUT2D eigenvalue weighted by atomic mass is 35.5.